The number of hydrogen-bond donors (Lipinski definition) is 1. The maximum Gasteiger partial charge on any atom is 0.271 e. The first-order valence-corrected chi connectivity index (χ1v) is 10.5. The Balaban J connectivity index is 1.50. The van der Waals surface area contributed by atoms with E-state index in [1.165, 1.54) is 0 Å². The van der Waals surface area contributed by atoms with Crippen molar-refractivity contribution in [3.63, 3.8) is 0 Å². The van der Waals surface area contributed by atoms with Crippen molar-refractivity contribution in [1.29, 1.82) is 0 Å². The lowest BCUT2D eigenvalue weighted by Gasteiger charge is -2.10. The SMILES string of the molecule is COc1ccc(OCCNC(=O)c2cc(C)n(C3CCS(=O)(=O)C3)n2)cc1. The van der Waals surface area contributed by atoms with Gasteiger partial charge in [-0.3, -0.25) is 9.48 Å². The van der Waals surface area contributed by atoms with E-state index in [4.69, 9.17) is 9.47 Å². The van der Waals surface area contributed by atoms with Crippen LogP contribution in [0.2, 0.25) is 0 Å². The first kappa shape index (κ1) is 19.2. The van der Waals surface area contributed by atoms with Crippen LogP contribution in [0.15, 0.2) is 30.3 Å². The van der Waals surface area contributed by atoms with Gasteiger partial charge < -0.3 is 14.8 Å². The predicted molar refractivity (Wildman–Crippen MR) is 100 cm³/mol. The zero-order valence-corrected chi connectivity index (χ0v) is 16.2. The number of benzene rings is 1. The largest absolute Gasteiger partial charge is 0.497 e. The highest BCUT2D eigenvalue weighted by atomic mass is 32.2. The lowest BCUT2D eigenvalue weighted by atomic mass is 10.2. The molecule has 1 unspecified atom stereocenters. The Morgan fingerprint density at radius 2 is 2.00 bits per heavy atom. The quantitative estimate of drug-likeness (QED) is 0.713. The van der Waals surface area contributed by atoms with Crippen LogP contribution in [0.3, 0.4) is 0 Å². The van der Waals surface area contributed by atoms with Crippen molar-refractivity contribution in [2.75, 3.05) is 31.8 Å². The number of hydrogen-bond acceptors (Lipinski definition) is 6. The van der Waals surface area contributed by atoms with Crippen LogP contribution in [0.1, 0.15) is 28.6 Å². The number of carbonyl (C=O) groups excluding carboxylic acids is 1. The smallest absolute Gasteiger partial charge is 0.271 e. The van der Waals surface area contributed by atoms with Gasteiger partial charge in [0, 0.05) is 5.69 Å². The molecule has 1 aromatic heterocycles. The Kier molecular flexibility index (Phi) is 5.69. The number of nitrogens with zero attached hydrogens (tertiary/aromatic N) is 2. The summed E-state index contributed by atoms with van der Waals surface area (Å²) in [6.45, 7) is 2.47. The van der Waals surface area contributed by atoms with Gasteiger partial charge in [0.25, 0.3) is 5.91 Å². The van der Waals surface area contributed by atoms with Gasteiger partial charge in [0.15, 0.2) is 9.84 Å². The fourth-order valence-corrected chi connectivity index (χ4v) is 4.72. The summed E-state index contributed by atoms with van der Waals surface area (Å²) in [5, 5.41) is 7.06. The van der Waals surface area contributed by atoms with Gasteiger partial charge in [0.1, 0.15) is 23.8 Å². The van der Waals surface area contributed by atoms with Crippen LogP contribution < -0.4 is 14.8 Å². The second-order valence-electron chi connectivity index (χ2n) is 6.45. The molecule has 1 amide bonds. The van der Waals surface area contributed by atoms with E-state index in [9.17, 15) is 13.2 Å². The van der Waals surface area contributed by atoms with E-state index >= 15 is 0 Å². The van der Waals surface area contributed by atoms with Crippen LogP contribution in [0.5, 0.6) is 11.5 Å². The molecule has 1 saturated heterocycles. The van der Waals surface area contributed by atoms with Crippen LogP contribution in [-0.2, 0) is 9.84 Å². The van der Waals surface area contributed by atoms with Crippen molar-refractivity contribution in [2.45, 2.75) is 19.4 Å². The van der Waals surface area contributed by atoms with Crippen LogP contribution in [0.25, 0.3) is 0 Å². The standard InChI is InChI=1S/C18H23N3O5S/c1-13-11-17(20-21(13)14-7-10-27(23,24)12-14)18(22)19-8-9-26-16-5-3-15(25-2)4-6-16/h3-6,11,14H,7-10,12H2,1-2H3,(H,19,22). The van der Waals surface area contributed by atoms with Crippen LogP contribution >= 0.6 is 0 Å². The fourth-order valence-electron chi connectivity index (χ4n) is 3.03. The highest BCUT2D eigenvalue weighted by Gasteiger charge is 2.31. The lowest BCUT2D eigenvalue weighted by Crippen LogP contribution is -2.28. The van der Waals surface area contributed by atoms with Crippen molar-refractivity contribution >= 4 is 15.7 Å². The third-order valence-corrected chi connectivity index (χ3v) is 6.18. The zero-order valence-electron chi connectivity index (χ0n) is 15.3. The predicted octanol–water partition coefficient (Wildman–Crippen LogP) is 1.37. The molecule has 1 atom stereocenters. The highest BCUT2D eigenvalue weighted by molar-refractivity contribution is 7.91. The summed E-state index contributed by atoms with van der Waals surface area (Å²) >= 11 is 0. The Hall–Kier alpha value is -2.55. The molecule has 0 bridgehead atoms. The number of methoxy groups -OCH3 is 1. The topological polar surface area (TPSA) is 99.5 Å². The van der Waals surface area contributed by atoms with Gasteiger partial charge in [-0.15, -0.1) is 0 Å². The second-order valence-corrected chi connectivity index (χ2v) is 8.68. The Bertz CT molecular complexity index is 906. The molecule has 1 N–H and O–H groups in total. The molecule has 0 spiro atoms. The monoisotopic (exact) mass is 393 g/mol. The third-order valence-electron chi connectivity index (χ3n) is 4.43. The molecule has 0 aliphatic carbocycles. The van der Waals surface area contributed by atoms with Gasteiger partial charge in [-0.25, -0.2) is 8.42 Å². The van der Waals surface area contributed by atoms with E-state index in [0.29, 0.717) is 25.3 Å². The fraction of sp³-hybridized carbons (Fsp3) is 0.444. The van der Waals surface area contributed by atoms with Crippen molar-refractivity contribution in [2.24, 2.45) is 0 Å². The number of sulfone groups is 1. The number of carbonyl (C=O) groups is 1. The number of amides is 1. The van der Waals surface area contributed by atoms with Crippen molar-refractivity contribution < 1.29 is 22.7 Å². The van der Waals surface area contributed by atoms with E-state index in [-0.39, 0.29) is 29.1 Å². The average Bonchev–Trinajstić information content (AvgIpc) is 3.21. The van der Waals surface area contributed by atoms with Gasteiger partial charge >= 0.3 is 0 Å². The molecule has 146 valence electrons. The van der Waals surface area contributed by atoms with Gasteiger partial charge in [-0.2, -0.15) is 5.10 Å². The molecule has 1 fully saturated rings. The average molecular weight is 393 g/mol. The molecule has 8 nitrogen and oxygen atoms in total. The zero-order chi connectivity index (χ0) is 19.4. The number of ether oxygens (including phenoxy) is 2. The minimum atomic E-state index is -3.01. The van der Waals surface area contributed by atoms with Gasteiger partial charge in [-0.05, 0) is 43.7 Å². The molecule has 0 saturated carbocycles. The summed E-state index contributed by atoms with van der Waals surface area (Å²) in [5.41, 5.74) is 1.05. The first-order valence-electron chi connectivity index (χ1n) is 8.69. The molecule has 1 aliphatic heterocycles. The molecule has 1 aromatic carbocycles. The molecular weight excluding hydrogens is 370 g/mol. The summed E-state index contributed by atoms with van der Waals surface area (Å²) in [6, 6.07) is 8.65. The normalized spacial score (nSPS) is 18.2. The molecule has 3 rings (SSSR count). The Labute approximate surface area is 158 Å². The molecular formula is C18H23N3O5S. The molecule has 27 heavy (non-hydrogen) atoms. The van der Waals surface area contributed by atoms with Crippen molar-refractivity contribution in [3.8, 4) is 11.5 Å². The van der Waals surface area contributed by atoms with E-state index in [1.54, 1.807) is 42.1 Å². The van der Waals surface area contributed by atoms with E-state index < -0.39 is 9.84 Å². The molecule has 1 aliphatic rings. The Morgan fingerprint density at radius 1 is 1.30 bits per heavy atom. The maximum atomic E-state index is 12.3. The lowest BCUT2D eigenvalue weighted by molar-refractivity contribution is 0.0941. The summed E-state index contributed by atoms with van der Waals surface area (Å²) < 4.78 is 35.6. The van der Waals surface area contributed by atoms with E-state index in [2.05, 4.69) is 10.4 Å². The number of aryl methyl sites for hydroxylation is 1. The molecule has 0 radical (unpaired) electrons. The number of rotatable bonds is 7. The molecule has 2 heterocycles. The van der Waals surface area contributed by atoms with Gasteiger partial charge in [-0.1, -0.05) is 0 Å². The van der Waals surface area contributed by atoms with Gasteiger partial charge in [0.2, 0.25) is 0 Å². The van der Waals surface area contributed by atoms with Crippen molar-refractivity contribution in [1.82, 2.24) is 15.1 Å². The highest BCUT2D eigenvalue weighted by Crippen LogP contribution is 2.24. The third kappa shape index (κ3) is 4.79. The van der Waals surface area contributed by atoms with Gasteiger partial charge in [0.05, 0.1) is 31.2 Å². The Morgan fingerprint density at radius 3 is 2.63 bits per heavy atom. The second kappa shape index (κ2) is 7.99. The van der Waals surface area contributed by atoms with E-state index in [0.717, 1.165) is 11.4 Å². The molecule has 2 aromatic rings. The summed E-state index contributed by atoms with van der Waals surface area (Å²) in [7, 11) is -1.41. The summed E-state index contributed by atoms with van der Waals surface area (Å²) in [6.07, 6.45) is 0.529. The summed E-state index contributed by atoms with van der Waals surface area (Å²) in [5.74, 6) is 1.37. The minimum absolute atomic E-state index is 0.0757. The van der Waals surface area contributed by atoms with Crippen molar-refractivity contribution in [3.05, 3.63) is 41.7 Å². The first-order chi connectivity index (χ1) is 12.9. The number of nitrogens with one attached hydrogen (secondary N) is 1. The maximum absolute atomic E-state index is 12.3. The van der Waals surface area contributed by atoms with Crippen LogP contribution in [0, 0.1) is 6.92 Å². The summed E-state index contributed by atoms with van der Waals surface area (Å²) in [4.78, 5) is 12.3. The number of aromatic nitrogens is 2. The van der Waals surface area contributed by atoms with Crippen LogP contribution in [-0.4, -0.2) is 55.9 Å². The minimum Gasteiger partial charge on any atom is -0.497 e. The molecule has 9 heteroatoms. The van der Waals surface area contributed by atoms with Crippen LogP contribution in [0.4, 0.5) is 0 Å². The van der Waals surface area contributed by atoms with E-state index in [1.807, 2.05) is 6.92 Å².